The lowest BCUT2D eigenvalue weighted by Gasteiger charge is -2.24. The molecule has 0 aliphatic heterocycles. The first-order valence-corrected chi connectivity index (χ1v) is 6.99. The molecule has 0 aliphatic rings. The predicted octanol–water partition coefficient (Wildman–Crippen LogP) is 2.37. The Balaban J connectivity index is 2.23. The molecule has 1 N–H and O–H groups in total. The largest absolute Gasteiger partial charge is 0.383 e. The monoisotopic (exact) mass is 256 g/mol. The first-order chi connectivity index (χ1) is 8.15. The first kappa shape index (κ1) is 14.6. The van der Waals surface area contributed by atoms with Crippen molar-refractivity contribution in [3.63, 3.8) is 0 Å². The fourth-order valence-corrected chi connectivity index (χ4v) is 2.58. The lowest BCUT2D eigenvalue weighted by Crippen LogP contribution is -2.37. The molecule has 0 bridgehead atoms. The van der Waals surface area contributed by atoms with Crippen molar-refractivity contribution in [3.05, 3.63) is 22.4 Å². The van der Waals surface area contributed by atoms with Gasteiger partial charge < -0.3 is 10.1 Å². The van der Waals surface area contributed by atoms with Gasteiger partial charge in [-0.15, -0.1) is 11.3 Å². The summed E-state index contributed by atoms with van der Waals surface area (Å²) in [5.74, 6) is 0. The molecular formula is C13H24N2OS. The average molecular weight is 256 g/mol. The van der Waals surface area contributed by atoms with E-state index in [2.05, 4.69) is 48.6 Å². The van der Waals surface area contributed by atoms with Gasteiger partial charge >= 0.3 is 0 Å². The van der Waals surface area contributed by atoms with Gasteiger partial charge in [0.15, 0.2) is 0 Å². The number of methoxy groups -OCH3 is 1. The molecule has 0 aromatic carbocycles. The van der Waals surface area contributed by atoms with Crippen molar-refractivity contribution in [1.29, 1.82) is 0 Å². The SMILES string of the molecule is COCC(C)NCCN(C)C(C)c1cccs1. The fraction of sp³-hybridized carbons (Fsp3) is 0.692. The van der Waals surface area contributed by atoms with Crippen LogP contribution in [0.15, 0.2) is 17.5 Å². The van der Waals surface area contributed by atoms with Crippen LogP contribution in [0.25, 0.3) is 0 Å². The molecule has 98 valence electrons. The number of rotatable bonds is 8. The van der Waals surface area contributed by atoms with Gasteiger partial charge in [-0.1, -0.05) is 6.07 Å². The summed E-state index contributed by atoms with van der Waals surface area (Å²) >= 11 is 1.83. The molecule has 3 nitrogen and oxygen atoms in total. The normalized spacial score (nSPS) is 15.1. The quantitative estimate of drug-likeness (QED) is 0.773. The zero-order valence-corrected chi connectivity index (χ0v) is 12.1. The van der Waals surface area contributed by atoms with Crippen LogP contribution in [0.1, 0.15) is 24.8 Å². The molecule has 2 unspecified atom stereocenters. The molecule has 1 aromatic rings. The van der Waals surface area contributed by atoms with E-state index in [0.717, 1.165) is 19.7 Å². The number of nitrogens with zero attached hydrogens (tertiary/aromatic N) is 1. The molecule has 1 aromatic heterocycles. The molecule has 0 radical (unpaired) electrons. The Labute approximate surface area is 109 Å². The van der Waals surface area contributed by atoms with E-state index in [9.17, 15) is 0 Å². The van der Waals surface area contributed by atoms with E-state index < -0.39 is 0 Å². The summed E-state index contributed by atoms with van der Waals surface area (Å²) in [6.07, 6.45) is 0. The van der Waals surface area contributed by atoms with E-state index >= 15 is 0 Å². The van der Waals surface area contributed by atoms with Crippen molar-refractivity contribution < 1.29 is 4.74 Å². The third kappa shape index (κ3) is 5.17. The Morgan fingerprint density at radius 1 is 1.47 bits per heavy atom. The highest BCUT2D eigenvalue weighted by atomic mass is 32.1. The summed E-state index contributed by atoms with van der Waals surface area (Å²) < 4.78 is 5.09. The molecule has 0 amide bonds. The van der Waals surface area contributed by atoms with Crippen LogP contribution in [0.3, 0.4) is 0 Å². The summed E-state index contributed by atoms with van der Waals surface area (Å²) in [6, 6.07) is 5.23. The Bertz CT molecular complexity index is 290. The Hall–Kier alpha value is -0.420. The van der Waals surface area contributed by atoms with Crippen LogP contribution in [0.2, 0.25) is 0 Å². The van der Waals surface area contributed by atoms with Gasteiger partial charge in [0.2, 0.25) is 0 Å². The van der Waals surface area contributed by atoms with Crippen molar-refractivity contribution in [3.8, 4) is 0 Å². The van der Waals surface area contributed by atoms with Gasteiger partial charge in [0.1, 0.15) is 0 Å². The number of nitrogens with one attached hydrogen (secondary N) is 1. The second-order valence-electron chi connectivity index (χ2n) is 4.48. The minimum Gasteiger partial charge on any atom is -0.383 e. The number of ether oxygens (including phenoxy) is 1. The zero-order valence-electron chi connectivity index (χ0n) is 11.3. The highest BCUT2D eigenvalue weighted by Crippen LogP contribution is 2.22. The van der Waals surface area contributed by atoms with Crippen LogP contribution >= 0.6 is 11.3 Å². The van der Waals surface area contributed by atoms with Gasteiger partial charge in [-0.25, -0.2) is 0 Å². The zero-order chi connectivity index (χ0) is 12.7. The number of likely N-dealkylation sites (N-methyl/N-ethyl adjacent to an activating group) is 1. The molecule has 1 heterocycles. The molecule has 0 fully saturated rings. The molecule has 4 heteroatoms. The third-order valence-electron chi connectivity index (χ3n) is 2.99. The van der Waals surface area contributed by atoms with E-state index in [1.54, 1.807) is 7.11 Å². The van der Waals surface area contributed by atoms with Crippen LogP contribution in [0.4, 0.5) is 0 Å². The minimum atomic E-state index is 0.422. The molecular weight excluding hydrogens is 232 g/mol. The average Bonchev–Trinajstić information content (AvgIpc) is 2.81. The smallest absolute Gasteiger partial charge is 0.0613 e. The molecule has 0 saturated heterocycles. The standard InChI is InChI=1S/C13H24N2OS/c1-11(10-16-4)14-7-8-15(3)12(2)13-6-5-9-17-13/h5-6,9,11-12,14H,7-8,10H2,1-4H3. The highest BCUT2D eigenvalue weighted by Gasteiger charge is 2.12. The Morgan fingerprint density at radius 2 is 2.24 bits per heavy atom. The number of hydrogen-bond donors (Lipinski definition) is 1. The van der Waals surface area contributed by atoms with E-state index in [-0.39, 0.29) is 0 Å². The lowest BCUT2D eigenvalue weighted by molar-refractivity contribution is 0.168. The molecule has 0 aliphatic carbocycles. The fourth-order valence-electron chi connectivity index (χ4n) is 1.74. The van der Waals surface area contributed by atoms with Crippen molar-refractivity contribution >= 4 is 11.3 Å². The topological polar surface area (TPSA) is 24.5 Å². The molecule has 0 spiro atoms. The van der Waals surface area contributed by atoms with E-state index in [4.69, 9.17) is 4.74 Å². The summed E-state index contributed by atoms with van der Waals surface area (Å²) in [6.45, 7) is 7.21. The number of thiophene rings is 1. The summed E-state index contributed by atoms with van der Waals surface area (Å²) in [7, 11) is 3.91. The lowest BCUT2D eigenvalue weighted by atomic mass is 10.2. The second kappa shape index (κ2) is 7.82. The maximum absolute atomic E-state index is 5.09. The van der Waals surface area contributed by atoms with Crippen molar-refractivity contribution in [2.75, 3.05) is 33.9 Å². The maximum Gasteiger partial charge on any atom is 0.0613 e. The second-order valence-corrected chi connectivity index (χ2v) is 5.46. The summed E-state index contributed by atoms with van der Waals surface area (Å²) in [5, 5.41) is 5.59. The van der Waals surface area contributed by atoms with Crippen molar-refractivity contribution in [2.24, 2.45) is 0 Å². The van der Waals surface area contributed by atoms with E-state index in [0.29, 0.717) is 12.1 Å². The minimum absolute atomic E-state index is 0.422. The van der Waals surface area contributed by atoms with Crippen LogP contribution in [0.5, 0.6) is 0 Å². The van der Waals surface area contributed by atoms with E-state index in [1.807, 2.05) is 11.3 Å². The van der Waals surface area contributed by atoms with Gasteiger partial charge in [-0.05, 0) is 32.3 Å². The van der Waals surface area contributed by atoms with Crippen molar-refractivity contribution in [1.82, 2.24) is 10.2 Å². The van der Waals surface area contributed by atoms with Crippen LogP contribution in [0, 0.1) is 0 Å². The molecule has 2 atom stereocenters. The van der Waals surface area contributed by atoms with Crippen LogP contribution in [-0.2, 0) is 4.74 Å². The third-order valence-corrected chi connectivity index (χ3v) is 4.03. The van der Waals surface area contributed by atoms with Gasteiger partial charge in [0.25, 0.3) is 0 Å². The molecule has 0 saturated carbocycles. The Morgan fingerprint density at radius 3 is 2.82 bits per heavy atom. The molecule has 17 heavy (non-hydrogen) atoms. The summed E-state index contributed by atoms with van der Waals surface area (Å²) in [4.78, 5) is 3.80. The van der Waals surface area contributed by atoms with Crippen molar-refractivity contribution in [2.45, 2.75) is 25.9 Å². The molecule has 1 rings (SSSR count). The predicted molar refractivity (Wildman–Crippen MR) is 74.7 cm³/mol. The van der Waals surface area contributed by atoms with Gasteiger partial charge in [0, 0.05) is 37.2 Å². The van der Waals surface area contributed by atoms with Crippen LogP contribution in [-0.4, -0.2) is 44.8 Å². The van der Waals surface area contributed by atoms with E-state index in [1.165, 1.54) is 4.88 Å². The van der Waals surface area contributed by atoms with Gasteiger partial charge in [-0.2, -0.15) is 0 Å². The van der Waals surface area contributed by atoms with Gasteiger partial charge in [-0.3, -0.25) is 4.90 Å². The maximum atomic E-state index is 5.09. The van der Waals surface area contributed by atoms with Gasteiger partial charge in [0.05, 0.1) is 6.61 Å². The van der Waals surface area contributed by atoms with Crippen LogP contribution < -0.4 is 5.32 Å². The number of hydrogen-bond acceptors (Lipinski definition) is 4. The Kier molecular flexibility index (Phi) is 6.73. The first-order valence-electron chi connectivity index (χ1n) is 6.11. The highest BCUT2D eigenvalue weighted by molar-refractivity contribution is 7.10. The summed E-state index contributed by atoms with van der Waals surface area (Å²) in [5.41, 5.74) is 0.